The van der Waals surface area contributed by atoms with Crippen LogP contribution in [0.3, 0.4) is 0 Å². The number of aryl methyl sites for hydroxylation is 1. The molecule has 0 radical (unpaired) electrons. The normalized spacial score (nSPS) is 13.1. The highest BCUT2D eigenvalue weighted by Gasteiger charge is 2.18. The van der Waals surface area contributed by atoms with Gasteiger partial charge in [0.1, 0.15) is 6.54 Å². The first kappa shape index (κ1) is 14.7. The number of nitrogens with two attached hydrogens (primary N) is 1. The maximum atomic E-state index is 12.2. The fourth-order valence-electron chi connectivity index (χ4n) is 2.47. The molecule has 0 unspecified atom stereocenters. The van der Waals surface area contributed by atoms with E-state index in [9.17, 15) is 9.59 Å². The van der Waals surface area contributed by atoms with Crippen molar-refractivity contribution in [2.24, 2.45) is 5.73 Å². The van der Waals surface area contributed by atoms with Crippen LogP contribution in [0.25, 0.3) is 0 Å². The van der Waals surface area contributed by atoms with E-state index < -0.39 is 0 Å². The lowest BCUT2D eigenvalue weighted by molar-refractivity contribution is -0.130. The van der Waals surface area contributed by atoms with Crippen LogP contribution in [0.15, 0.2) is 16.9 Å². The van der Waals surface area contributed by atoms with Crippen molar-refractivity contribution in [1.29, 1.82) is 0 Å². The molecule has 0 fully saturated rings. The summed E-state index contributed by atoms with van der Waals surface area (Å²) in [5.41, 5.74) is 7.51. The standard InChI is InChI=1S/C14H19N3O2S/c1-16(8-7-12(15)20)14(19)9-17-11-4-2-3-10(11)5-6-13(17)18/h5-6H,2-4,7-9H2,1H3,(H2,15,20). The van der Waals surface area contributed by atoms with Gasteiger partial charge in [-0.2, -0.15) is 0 Å². The van der Waals surface area contributed by atoms with Crippen LogP contribution >= 0.6 is 12.2 Å². The summed E-state index contributed by atoms with van der Waals surface area (Å²) in [5.74, 6) is -0.0938. The minimum atomic E-state index is -0.109. The fourth-order valence-corrected chi connectivity index (χ4v) is 2.56. The summed E-state index contributed by atoms with van der Waals surface area (Å²) < 4.78 is 1.60. The number of thiocarbonyl (C=S) groups is 1. The van der Waals surface area contributed by atoms with E-state index in [0.717, 1.165) is 25.0 Å². The van der Waals surface area contributed by atoms with Crippen LogP contribution in [-0.2, 0) is 24.2 Å². The van der Waals surface area contributed by atoms with Gasteiger partial charge in [-0.25, -0.2) is 0 Å². The number of fused-ring (bicyclic) bond motifs is 1. The van der Waals surface area contributed by atoms with Crippen LogP contribution in [0.1, 0.15) is 24.1 Å². The first-order chi connectivity index (χ1) is 9.49. The van der Waals surface area contributed by atoms with Crippen molar-refractivity contribution in [3.63, 3.8) is 0 Å². The van der Waals surface area contributed by atoms with Gasteiger partial charge in [0.2, 0.25) is 5.91 Å². The van der Waals surface area contributed by atoms with Gasteiger partial charge in [-0.1, -0.05) is 18.3 Å². The minimum absolute atomic E-state index is 0.0931. The molecule has 0 spiro atoms. The maximum Gasteiger partial charge on any atom is 0.251 e. The zero-order chi connectivity index (χ0) is 14.7. The van der Waals surface area contributed by atoms with Crippen molar-refractivity contribution in [1.82, 2.24) is 9.47 Å². The number of pyridine rings is 1. The highest BCUT2D eigenvalue weighted by Crippen LogP contribution is 2.19. The summed E-state index contributed by atoms with van der Waals surface area (Å²) in [7, 11) is 1.70. The van der Waals surface area contributed by atoms with Crippen molar-refractivity contribution in [2.45, 2.75) is 32.2 Å². The Morgan fingerprint density at radius 3 is 2.90 bits per heavy atom. The average molecular weight is 293 g/mol. The number of likely N-dealkylation sites (N-methyl/N-ethyl adjacent to an activating group) is 1. The van der Waals surface area contributed by atoms with Gasteiger partial charge in [0.25, 0.3) is 5.56 Å². The van der Waals surface area contributed by atoms with E-state index >= 15 is 0 Å². The van der Waals surface area contributed by atoms with Crippen molar-refractivity contribution in [3.8, 4) is 0 Å². The molecule has 0 atom stereocenters. The Bertz CT molecular complexity index is 595. The molecular formula is C14H19N3O2S. The summed E-state index contributed by atoms with van der Waals surface area (Å²) in [4.78, 5) is 26.1. The van der Waals surface area contributed by atoms with E-state index in [-0.39, 0.29) is 18.0 Å². The molecule has 0 saturated carbocycles. The average Bonchev–Trinajstić information content (AvgIpc) is 2.87. The van der Waals surface area contributed by atoms with E-state index in [0.29, 0.717) is 18.0 Å². The molecule has 0 bridgehead atoms. The Morgan fingerprint density at radius 1 is 1.45 bits per heavy atom. The monoisotopic (exact) mass is 293 g/mol. The number of amides is 1. The second-order valence-corrected chi connectivity index (χ2v) is 5.64. The highest BCUT2D eigenvalue weighted by molar-refractivity contribution is 7.80. The topological polar surface area (TPSA) is 68.3 Å². The smallest absolute Gasteiger partial charge is 0.251 e. The molecule has 108 valence electrons. The minimum Gasteiger partial charge on any atom is -0.393 e. The molecule has 2 rings (SSSR count). The van der Waals surface area contributed by atoms with E-state index in [1.54, 1.807) is 22.6 Å². The van der Waals surface area contributed by atoms with Crippen LogP contribution in [0.2, 0.25) is 0 Å². The van der Waals surface area contributed by atoms with Crippen LogP contribution in [0.5, 0.6) is 0 Å². The fraction of sp³-hybridized carbons (Fsp3) is 0.500. The SMILES string of the molecule is CN(CCC(N)=S)C(=O)Cn1c2c(ccc1=O)CCC2. The van der Waals surface area contributed by atoms with Gasteiger partial charge in [-0.15, -0.1) is 0 Å². The molecule has 2 N–H and O–H groups in total. The van der Waals surface area contributed by atoms with Crippen LogP contribution < -0.4 is 11.3 Å². The van der Waals surface area contributed by atoms with Gasteiger partial charge in [0.05, 0.1) is 4.99 Å². The molecule has 0 aliphatic heterocycles. The number of aromatic nitrogens is 1. The van der Waals surface area contributed by atoms with Crippen molar-refractivity contribution in [3.05, 3.63) is 33.7 Å². The lowest BCUT2D eigenvalue weighted by Gasteiger charge is -2.19. The number of rotatable bonds is 5. The summed E-state index contributed by atoms with van der Waals surface area (Å²) in [6, 6.07) is 3.43. The number of nitrogens with zero attached hydrogens (tertiary/aromatic N) is 2. The Hall–Kier alpha value is -1.69. The van der Waals surface area contributed by atoms with Gasteiger partial charge in [-0.05, 0) is 24.8 Å². The summed E-state index contributed by atoms with van der Waals surface area (Å²) >= 11 is 4.80. The van der Waals surface area contributed by atoms with Crippen LogP contribution in [-0.4, -0.2) is 34.0 Å². The Balaban J connectivity index is 2.10. The van der Waals surface area contributed by atoms with E-state index in [2.05, 4.69) is 0 Å². The van der Waals surface area contributed by atoms with Gasteiger partial charge < -0.3 is 15.2 Å². The second kappa shape index (κ2) is 6.17. The molecule has 0 aromatic carbocycles. The number of carbonyl (C=O) groups is 1. The predicted molar refractivity (Wildman–Crippen MR) is 81.8 cm³/mol. The summed E-state index contributed by atoms with van der Waals surface area (Å²) in [6.07, 6.45) is 3.40. The van der Waals surface area contributed by atoms with Crippen LogP contribution in [0.4, 0.5) is 0 Å². The number of hydrogen-bond donors (Lipinski definition) is 1. The molecule has 1 aromatic rings. The zero-order valence-corrected chi connectivity index (χ0v) is 12.4. The maximum absolute atomic E-state index is 12.2. The van der Waals surface area contributed by atoms with Gasteiger partial charge in [-0.3, -0.25) is 9.59 Å². The summed E-state index contributed by atoms with van der Waals surface area (Å²) in [5, 5.41) is 0. The van der Waals surface area contributed by atoms with E-state index in [1.807, 2.05) is 6.07 Å². The Kier molecular flexibility index (Phi) is 4.54. The van der Waals surface area contributed by atoms with E-state index in [4.69, 9.17) is 18.0 Å². The zero-order valence-electron chi connectivity index (χ0n) is 11.6. The molecule has 1 aliphatic rings. The lowest BCUT2D eigenvalue weighted by atomic mass is 10.2. The quantitative estimate of drug-likeness (QED) is 0.801. The highest BCUT2D eigenvalue weighted by atomic mass is 32.1. The van der Waals surface area contributed by atoms with E-state index in [1.165, 1.54) is 5.56 Å². The molecule has 1 heterocycles. The molecule has 0 saturated heterocycles. The second-order valence-electron chi connectivity index (χ2n) is 5.11. The molecular weight excluding hydrogens is 274 g/mol. The van der Waals surface area contributed by atoms with Gasteiger partial charge >= 0.3 is 0 Å². The van der Waals surface area contributed by atoms with Gasteiger partial charge in [0, 0.05) is 31.8 Å². The number of carbonyl (C=O) groups excluding carboxylic acids is 1. The van der Waals surface area contributed by atoms with Gasteiger partial charge in [0.15, 0.2) is 0 Å². The largest absolute Gasteiger partial charge is 0.393 e. The van der Waals surface area contributed by atoms with Crippen molar-refractivity contribution < 1.29 is 4.79 Å². The molecule has 1 amide bonds. The third-order valence-corrected chi connectivity index (χ3v) is 3.87. The van der Waals surface area contributed by atoms with Crippen LogP contribution in [0, 0.1) is 0 Å². The lowest BCUT2D eigenvalue weighted by Crippen LogP contribution is -2.36. The molecule has 6 heteroatoms. The molecule has 5 nitrogen and oxygen atoms in total. The number of hydrogen-bond acceptors (Lipinski definition) is 3. The Labute approximate surface area is 123 Å². The first-order valence-electron chi connectivity index (χ1n) is 6.73. The molecule has 1 aromatic heterocycles. The Morgan fingerprint density at radius 2 is 2.20 bits per heavy atom. The third-order valence-electron chi connectivity index (χ3n) is 3.66. The first-order valence-corrected chi connectivity index (χ1v) is 7.13. The summed E-state index contributed by atoms with van der Waals surface area (Å²) in [6.45, 7) is 0.577. The molecule has 20 heavy (non-hydrogen) atoms. The third kappa shape index (κ3) is 3.25. The van der Waals surface area contributed by atoms with Crippen molar-refractivity contribution in [2.75, 3.05) is 13.6 Å². The molecule has 1 aliphatic carbocycles. The van der Waals surface area contributed by atoms with Crippen molar-refractivity contribution >= 4 is 23.1 Å². The predicted octanol–water partition coefficient (Wildman–Crippen LogP) is 0.472.